The quantitative estimate of drug-likeness (QED) is 0.728. The summed E-state index contributed by atoms with van der Waals surface area (Å²) in [7, 11) is -3.71. The van der Waals surface area contributed by atoms with Crippen molar-refractivity contribution >= 4 is 47.6 Å². The Kier molecular flexibility index (Phi) is 4.85. The van der Waals surface area contributed by atoms with Crippen molar-refractivity contribution < 1.29 is 13.2 Å². The summed E-state index contributed by atoms with van der Waals surface area (Å²) >= 11 is 6.49. The first kappa shape index (κ1) is 15.2. The summed E-state index contributed by atoms with van der Waals surface area (Å²) in [6.07, 6.45) is 0. The van der Waals surface area contributed by atoms with E-state index in [0.717, 1.165) is 0 Å². The molecule has 1 aliphatic rings. The molecule has 1 fully saturated rings. The molecule has 1 aliphatic heterocycles. The highest BCUT2D eigenvalue weighted by atomic mass is 79.9. The standard InChI is InChI=1S/C10H13Br2N3O3S/c11-7-5-8(12)10(9(13)6-7)19(16,17)14-15-1-3-18-4-2-15/h5-6,14H,1-4,13H2. The van der Waals surface area contributed by atoms with Crippen molar-refractivity contribution in [3.05, 3.63) is 21.1 Å². The zero-order chi connectivity index (χ0) is 14.0. The number of nitrogens with one attached hydrogen (secondary N) is 1. The highest BCUT2D eigenvalue weighted by Gasteiger charge is 2.25. The molecule has 0 radical (unpaired) electrons. The molecule has 0 unspecified atom stereocenters. The maximum atomic E-state index is 12.3. The van der Waals surface area contributed by atoms with Crippen molar-refractivity contribution in [1.29, 1.82) is 0 Å². The monoisotopic (exact) mass is 413 g/mol. The second kappa shape index (κ2) is 6.06. The van der Waals surface area contributed by atoms with Crippen LogP contribution >= 0.6 is 31.9 Å². The van der Waals surface area contributed by atoms with E-state index < -0.39 is 10.0 Å². The average Bonchev–Trinajstić information content (AvgIpc) is 2.27. The predicted molar refractivity (Wildman–Crippen MR) is 79.0 cm³/mol. The molecule has 2 rings (SSSR count). The van der Waals surface area contributed by atoms with Gasteiger partial charge in [0.05, 0.1) is 18.9 Å². The van der Waals surface area contributed by atoms with Gasteiger partial charge in [-0.15, -0.1) is 4.83 Å². The normalized spacial score (nSPS) is 17.6. The van der Waals surface area contributed by atoms with Gasteiger partial charge in [0.1, 0.15) is 4.90 Å². The molecule has 0 amide bonds. The predicted octanol–water partition coefficient (Wildman–Crippen LogP) is 1.32. The SMILES string of the molecule is Nc1cc(Br)cc(Br)c1S(=O)(=O)NN1CCOCC1. The van der Waals surface area contributed by atoms with E-state index in [1.54, 1.807) is 17.1 Å². The molecular weight excluding hydrogens is 402 g/mol. The molecule has 1 heterocycles. The molecule has 0 bridgehead atoms. The summed E-state index contributed by atoms with van der Waals surface area (Å²) < 4.78 is 31.0. The number of nitrogens with two attached hydrogens (primary N) is 1. The van der Waals surface area contributed by atoms with Crippen molar-refractivity contribution in [2.75, 3.05) is 32.0 Å². The summed E-state index contributed by atoms with van der Waals surface area (Å²) in [5.74, 6) is 0. The van der Waals surface area contributed by atoms with Crippen LogP contribution in [0.4, 0.5) is 5.69 Å². The number of hydrogen-bond acceptors (Lipinski definition) is 5. The molecule has 106 valence electrons. The van der Waals surface area contributed by atoms with Crippen LogP contribution in [0.2, 0.25) is 0 Å². The molecule has 9 heteroatoms. The number of nitrogens with zero attached hydrogens (tertiary/aromatic N) is 1. The van der Waals surface area contributed by atoms with Gasteiger partial charge in [0, 0.05) is 22.0 Å². The van der Waals surface area contributed by atoms with Gasteiger partial charge >= 0.3 is 0 Å². The molecule has 1 aromatic carbocycles. The molecule has 0 aromatic heterocycles. The fourth-order valence-corrected chi connectivity index (χ4v) is 4.93. The number of anilines is 1. The Morgan fingerprint density at radius 2 is 1.89 bits per heavy atom. The Morgan fingerprint density at radius 1 is 1.26 bits per heavy atom. The van der Waals surface area contributed by atoms with Crippen LogP contribution in [0.1, 0.15) is 0 Å². The van der Waals surface area contributed by atoms with Crippen LogP contribution in [0.25, 0.3) is 0 Å². The lowest BCUT2D eigenvalue weighted by molar-refractivity contribution is 0.0272. The minimum Gasteiger partial charge on any atom is -0.398 e. The van der Waals surface area contributed by atoms with E-state index >= 15 is 0 Å². The number of hydrazine groups is 1. The first-order valence-corrected chi connectivity index (χ1v) is 8.57. The van der Waals surface area contributed by atoms with E-state index in [-0.39, 0.29) is 10.6 Å². The average molecular weight is 415 g/mol. The smallest absolute Gasteiger partial charge is 0.256 e. The first-order valence-electron chi connectivity index (χ1n) is 5.50. The Hall–Kier alpha value is -0.190. The fourth-order valence-electron chi connectivity index (χ4n) is 1.73. The molecule has 1 saturated heterocycles. The van der Waals surface area contributed by atoms with E-state index in [0.29, 0.717) is 35.2 Å². The van der Waals surface area contributed by atoms with E-state index in [2.05, 4.69) is 36.7 Å². The zero-order valence-electron chi connectivity index (χ0n) is 9.90. The molecule has 1 aromatic rings. The third-order valence-corrected chi connectivity index (χ3v) is 5.40. The van der Waals surface area contributed by atoms with E-state index in [1.165, 1.54) is 0 Å². The maximum Gasteiger partial charge on any atom is 0.256 e. The number of nitrogen functional groups attached to an aromatic ring is 1. The van der Waals surface area contributed by atoms with Crippen LogP contribution in [-0.2, 0) is 14.8 Å². The van der Waals surface area contributed by atoms with E-state index in [9.17, 15) is 8.42 Å². The number of morpholine rings is 1. The molecule has 0 aliphatic carbocycles. The Morgan fingerprint density at radius 3 is 2.47 bits per heavy atom. The van der Waals surface area contributed by atoms with Crippen molar-refractivity contribution in [3.8, 4) is 0 Å². The molecule has 0 atom stereocenters. The lowest BCUT2D eigenvalue weighted by Crippen LogP contribution is -2.48. The first-order chi connectivity index (χ1) is 8.90. The van der Waals surface area contributed by atoms with E-state index in [4.69, 9.17) is 10.5 Å². The third kappa shape index (κ3) is 3.67. The number of ether oxygens (including phenoxy) is 1. The third-order valence-electron chi connectivity index (χ3n) is 2.57. The van der Waals surface area contributed by atoms with Crippen molar-refractivity contribution in [1.82, 2.24) is 9.84 Å². The maximum absolute atomic E-state index is 12.3. The number of sulfonamides is 1. The lowest BCUT2D eigenvalue weighted by Gasteiger charge is -2.27. The van der Waals surface area contributed by atoms with Gasteiger partial charge in [-0.05, 0) is 28.1 Å². The Balaban J connectivity index is 2.29. The highest BCUT2D eigenvalue weighted by molar-refractivity contribution is 9.11. The Labute approximate surface area is 128 Å². The summed E-state index contributed by atoms with van der Waals surface area (Å²) in [5.41, 5.74) is 5.97. The van der Waals surface area contributed by atoms with Crippen molar-refractivity contribution in [2.45, 2.75) is 4.90 Å². The van der Waals surface area contributed by atoms with Crippen LogP contribution in [-0.4, -0.2) is 39.7 Å². The van der Waals surface area contributed by atoms with Gasteiger partial charge in [0.25, 0.3) is 10.0 Å². The van der Waals surface area contributed by atoms with Gasteiger partial charge in [-0.3, -0.25) is 0 Å². The second-order valence-electron chi connectivity index (χ2n) is 4.00. The highest BCUT2D eigenvalue weighted by Crippen LogP contribution is 2.31. The van der Waals surface area contributed by atoms with Gasteiger partial charge in [-0.2, -0.15) is 0 Å². The number of halogens is 2. The molecule has 0 spiro atoms. The number of rotatable bonds is 3. The van der Waals surface area contributed by atoms with E-state index in [1.807, 2.05) is 0 Å². The minimum absolute atomic E-state index is 0.0437. The summed E-state index contributed by atoms with van der Waals surface area (Å²) in [6.45, 7) is 2.01. The topological polar surface area (TPSA) is 84.7 Å². The second-order valence-corrected chi connectivity index (χ2v) is 7.37. The fraction of sp³-hybridized carbons (Fsp3) is 0.400. The molecular formula is C10H13Br2N3O3S. The minimum atomic E-state index is -3.71. The molecule has 0 saturated carbocycles. The summed E-state index contributed by atoms with van der Waals surface area (Å²) in [5, 5.41) is 1.60. The van der Waals surface area contributed by atoms with Crippen LogP contribution in [0.3, 0.4) is 0 Å². The van der Waals surface area contributed by atoms with Crippen molar-refractivity contribution in [2.24, 2.45) is 0 Å². The van der Waals surface area contributed by atoms with Crippen LogP contribution in [0.5, 0.6) is 0 Å². The van der Waals surface area contributed by atoms with Crippen LogP contribution < -0.4 is 10.6 Å². The van der Waals surface area contributed by atoms with Gasteiger partial charge in [-0.1, -0.05) is 15.9 Å². The molecule has 3 N–H and O–H groups in total. The van der Waals surface area contributed by atoms with Crippen molar-refractivity contribution in [3.63, 3.8) is 0 Å². The number of hydrogen-bond donors (Lipinski definition) is 2. The summed E-state index contributed by atoms with van der Waals surface area (Å²) in [4.78, 5) is 2.56. The van der Waals surface area contributed by atoms with Gasteiger partial charge < -0.3 is 10.5 Å². The molecule has 19 heavy (non-hydrogen) atoms. The van der Waals surface area contributed by atoms with Gasteiger partial charge in [-0.25, -0.2) is 13.4 Å². The largest absolute Gasteiger partial charge is 0.398 e. The number of benzene rings is 1. The lowest BCUT2D eigenvalue weighted by atomic mass is 10.3. The summed E-state index contributed by atoms with van der Waals surface area (Å²) in [6, 6.07) is 3.20. The molecule has 6 nitrogen and oxygen atoms in total. The van der Waals surface area contributed by atoms with Crippen LogP contribution in [0, 0.1) is 0 Å². The van der Waals surface area contributed by atoms with Gasteiger partial charge in [0.15, 0.2) is 0 Å². The van der Waals surface area contributed by atoms with Crippen LogP contribution in [0.15, 0.2) is 26.0 Å². The zero-order valence-corrected chi connectivity index (χ0v) is 13.9. The Bertz CT molecular complexity index is 550. The van der Waals surface area contributed by atoms with Gasteiger partial charge in [0.2, 0.25) is 0 Å².